The van der Waals surface area contributed by atoms with Gasteiger partial charge in [-0.15, -0.1) is 10.2 Å². The zero-order valence-electron chi connectivity index (χ0n) is 14.4. The molecule has 0 aliphatic carbocycles. The Bertz CT molecular complexity index is 1260. The van der Waals surface area contributed by atoms with Crippen LogP contribution < -0.4 is 21.5 Å². The quantitative estimate of drug-likeness (QED) is 0.605. The summed E-state index contributed by atoms with van der Waals surface area (Å²) in [6, 6.07) is 4.37. The number of nitrogens with one attached hydrogen (secondary N) is 2. The zero-order valence-corrected chi connectivity index (χ0v) is 15.9. The average Bonchev–Trinajstić information content (AvgIpc) is 2.58. The SMILES string of the molecule is CC(=O)c1c(-c2cc(Cl)cc(Cl)c2)c(Oc2n[nH]c(=O)[nH]c2=O)nn(C)c1=O. The molecule has 28 heavy (non-hydrogen) atoms. The summed E-state index contributed by atoms with van der Waals surface area (Å²) in [5, 5.41) is 9.96. The second-order valence-corrected chi connectivity index (χ2v) is 6.49. The van der Waals surface area contributed by atoms with Crippen LogP contribution >= 0.6 is 23.2 Å². The van der Waals surface area contributed by atoms with E-state index in [4.69, 9.17) is 27.9 Å². The van der Waals surface area contributed by atoms with Crippen molar-refractivity contribution in [3.8, 4) is 22.9 Å². The lowest BCUT2D eigenvalue weighted by Gasteiger charge is -2.14. The Hall–Kier alpha value is -3.24. The monoisotopic (exact) mass is 423 g/mol. The second-order valence-electron chi connectivity index (χ2n) is 5.61. The average molecular weight is 424 g/mol. The van der Waals surface area contributed by atoms with E-state index in [-0.39, 0.29) is 32.6 Å². The lowest BCUT2D eigenvalue weighted by atomic mass is 10.00. The first-order chi connectivity index (χ1) is 13.2. The normalized spacial score (nSPS) is 10.7. The van der Waals surface area contributed by atoms with Crippen LogP contribution in [0.5, 0.6) is 11.8 Å². The van der Waals surface area contributed by atoms with Crippen LogP contribution in [0.3, 0.4) is 0 Å². The molecule has 0 saturated heterocycles. The van der Waals surface area contributed by atoms with Crippen molar-refractivity contribution in [1.29, 1.82) is 0 Å². The molecule has 2 N–H and O–H groups in total. The number of ketones is 1. The van der Waals surface area contributed by atoms with Crippen LogP contribution in [0.2, 0.25) is 10.0 Å². The van der Waals surface area contributed by atoms with Crippen LogP contribution in [-0.2, 0) is 7.05 Å². The summed E-state index contributed by atoms with van der Waals surface area (Å²) in [5.74, 6) is -1.40. The molecule has 0 amide bonds. The molecule has 3 rings (SSSR count). The third-order valence-corrected chi connectivity index (χ3v) is 4.03. The fraction of sp³-hybridized carbons (Fsp3) is 0.125. The van der Waals surface area contributed by atoms with E-state index in [1.165, 1.54) is 32.2 Å². The van der Waals surface area contributed by atoms with Gasteiger partial charge in [-0.05, 0) is 30.7 Å². The largest absolute Gasteiger partial charge is 0.412 e. The highest BCUT2D eigenvalue weighted by molar-refractivity contribution is 6.35. The summed E-state index contributed by atoms with van der Waals surface area (Å²) in [7, 11) is 1.31. The number of H-pyrrole nitrogens is 2. The van der Waals surface area contributed by atoms with Crippen LogP contribution in [0, 0.1) is 0 Å². The van der Waals surface area contributed by atoms with Gasteiger partial charge >= 0.3 is 17.1 Å². The molecule has 0 spiro atoms. The molecule has 0 bridgehead atoms. The first-order valence-corrected chi connectivity index (χ1v) is 8.38. The molecule has 12 heteroatoms. The van der Waals surface area contributed by atoms with Crippen molar-refractivity contribution in [3.05, 3.63) is 65.0 Å². The van der Waals surface area contributed by atoms with E-state index >= 15 is 0 Å². The smallest absolute Gasteiger partial charge is 0.342 e. The van der Waals surface area contributed by atoms with Gasteiger partial charge in [0.05, 0.1) is 11.1 Å². The number of hydrogen-bond donors (Lipinski definition) is 2. The molecule has 2 heterocycles. The highest BCUT2D eigenvalue weighted by Gasteiger charge is 2.24. The van der Waals surface area contributed by atoms with Crippen molar-refractivity contribution < 1.29 is 9.53 Å². The van der Waals surface area contributed by atoms with Gasteiger partial charge in [0, 0.05) is 17.1 Å². The van der Waals surface area contributed by atoms with E-state index < -0.39 is 28.5 Å². The topological polar surface area (TPSA) is 140 Å². The molecule has 1 aromatic carbocycles. The third-order valence-electron chi connectivity index (χ3n) is 3.59. The van der Waals surface area contributed by atoms with E-state index in [2.05, 4.69) is 10.2 Å². The molecule has 2 aromatic heterocycles. The summed E-state index contributed by atoms with van der Waals surface area (Å²) in [6.07, 6.45) is 0. The molecule has 0 aliphatic heterocycles. The highest BCUT2D eigenvalue weighted by atomic mass is 35.5. The third kappa shape index (κ3) is 3.73. The summed E-state index contributed by atoms with van der Waals surface area (Å²) in [5.41, 5.74) is -2.45. The molecule has 3 aromatic rings. The van der Waals surface area contributed by atoms with E-state index in [9.17, 15) is 19.2 Å². The number of carbonyl (C=O) groups is 1. The van der Waals surface area contributed by atoms with Crippen LogP contribution in [-0.4, -0.2) is 30.7 Å². The maximum atomic E-state index is 12.5. The predicted molar refractivity (Wildman–Crippen MR) is 100 cm³/mol. The first-order valence-electron chi connectivity index (χ1n) is 7.63. The second kappa shape index (κ2) is 7.41. The number of Topliss-reactive ketones (excluding diaryl/α,β-unsaturated/α-hetero) is 1. The van der Waals surface area contributed by atoms with Crippen molar-refractivity contribution in [2.24, 2.45) is 7.05 Å². The van der Waals surface area contributed by atoms with Gasteiger partial charge in [0.1, 0.15) is 0 Å². The molecule has 144 valence electrons. The van der Waals surface area contributed by atoms with Gasteiger partial charge in [-0.3, -0.25) is 19.4 Å². The van der Waals surface area contributed by atoms with E-state index in [0.717, 1.165) is 4.68 Å². The van der Waals surface area contributed by atoms with Gasteiger partial charge in [-0.25, -0.2) is 14.6 Å². The number of nitrogens with zero attached hydrogens (tertiary/aromatic N) is 3. The van der Waals surface area contributed by atoms with Crippen molar-refractivity contribution in [1.82, 2.24) is 25.0 Å². The minimum absolute atomic E-state index is 0.0209. The number of carbonyl (C=O) groups excluding carboxylic acids is 1. The molecule has 0 radical (unpaired) electrons. The zero-order chi connectivity index (χ0) is 20.6. The Morgan fingerprint density at radius 2 is 1.75 bits per heavy atom. The maximum absolute atomic E-state index is 12.5. The Morgan fingerprint density at radius 3 is 2.32 bits per heavy atom. The molecule has 0 atom stereocenters. The standard InChI is InChI=1S/C16H11Cl2N5O5/c1-6(24)10-11(7-3-8(17)5-9(18)4-7)13(22-23(2)15(10)26)28-14-12(25)19-16(27)21-20-14/h3-5H,1-2H3,(H2,19,21,25,27). The van der Waals surface area contributed by atoms with Gasteiger partial charge < -0.3 is 4.74 Å². The number of hydrogen-bond acceptors (Lipinski definition) is 7. The van der Waals surface area contributed by atoms with Gasteiger partial charge in [-0.1, -0.05) is 23.2 Å². The number of ether oxygens (including phenoxy) is 1. The van der Waals surface area contributed by atoms with Gasteiger partial charge in [0.25, 0.3) is 5.56 Å². The van der Waals surface area contributed by atoms with Gasteiger partial charge in [-0.2, -0.15) is 0 Å². The van der Waals surface area contributed by atoms with Gasteiger partial charge in [0.15, 0.2) is 5.78 Å². The molecule has 0 fully saturated rings. The molecule has 0 unspecified atom stereocenters. The maximum Gasteiger partial charge on any atom is 0.342 e. The lowest BCUT2D eigenvalue weighted by molar-refractivity contribution is 0.101. The van der Waals surface area contributed by atoms with Crippen LogP contribution in [0.15, 0.2) is 32.6 Å². The van der Waals surface area contributed by atoms with E-state index in [0.29, 0.717) is 0 Å². The Morgan fingerprint density at radius 1 is 1.11 bits per heavy atom. The predicted octanol–water partition coefficient (Wildman–Crippen LogP) is 1.52. The number of aromatic nitrogens is 5. The lowest BCUT2D eigenvalue weighted by Crippen LogP contribution is -2.28. The highest BCUT2D eigenvalue weighted by Crippen LogP contribution is 2.35. The minimum atomic E-state index is -0.932. The van der Waals surface area contributed by atoms with Crippen LogP contribution in [0.25, 0.3) is 11.1 Å². The number of rotatable bonds is 4. The summed E-state index contributed by atoms with van der Waals surface area (Å²) in [6.45, 7) is 1.20. The van der Waals surface area contributed by atoms with Gasteiger partial charge in [0.2, 0.25) is 5.88 Å². The first kappa shape index (κ1) is 19.5. The number of halogens is 2. The molecular formula is C16H11Cl2N5O5. The van der Waals surface area contributed by atoms with Crippen molar-refractivity contribution in [3.63, 3.8) is 0 Å². The fourth-order valence-electron chi connectivity index (χ4n) is 2.47. The fourth-order valence-corrected chi connectivity index (χ4v) is 2.99. The Labute approximate surface area is 165 Å². The number of benzene rings is 1. The molecule has 0 aliphatic rings. The summed E-state index contributed by atoms with van der Waals surface area (Å²) >= 11 is 12.1. The van der Waals surface area contributed by atoms with E-state index in [1.54, 1.807) is 0 Å². The molecule has 10 nitrogen and oxygen atoms in total. The van der Waals surface area contributed by atoms with Crippen molar-refractivity contribution in [2.75, 3.05) is 0 Å². The summed E-state index contributed by atoms with van der Waals surface area (Å²) in [4.78, 5) is 49.7. The van der Waals surface area contributed by atoms with Crippen molar-refractivity contribution >= 4 is 29.0 Å². The molecule has 0 saturated carbocycles. The summed E-state index contributed by atoms with van der Waals surface area (Å²) < 4.78 is 6.30. The Balaban J connectivity index is 2.35. The van der Waals surface area contributed by atoms with Crippen molar-refractivity contribution in [2.45, 2.75) is 6.92 Å². The number of aryl methyl sites for hydroxylation is 1. The Kier molecular flexibility index (Phi) is 5.16. The number of aromatic amines is 2. The van der Waals surface area contributed by atoms with Crippen LogP contribution in [0.4, 0.5) is 0 Å². The minimum Gasteiger partial charge on any atom is -0.412 e. The van der Waals surface area contributed by atoms with E-state index in [1.807, 2.05) is 10.1 Å². The molecular weight excluding hydrogens is 413 g/mol. The van der Waals surface area contributed by atoms with Crippen LogP contribution in [0.1, 0.15) is 17.3 Å².